The highest BCUT2D eigenvalue weighted by molar-refractivity contribution is 5.85. The number of hydrogen-bond acceptors (Lipinski definition) is 5. The first-order chi connectivity index (χ1) is 8.84. The molecular formula is C13H22Cl2N4O. The monoisotopic (exact) mass is 320 g/mol. The molecule has 2 N–H and O–H groups in total. The Morgan fingerprint density at radius 1 is 1.35 bits per heavy atom. The second-order valence-corrected chi connectivity index (χ2v) is 5.44. The molecule has 0 aromatic carbocycles. The van der Waals surface area contributed by atoms with E-state index in [4.69, 9.17) is 0 Å². The van der Waals surface area contributed by atoms with Crippen LogP contribution in [0, 0.1) is 11.3 Å². The number of halogens is 2. The van der Waals surface area contributed by atoms with E-state index in [1.807, 2.05) is 6.07 Å². The van der Waals surface area contributed by atoms with Crippen LogP contribution >= 0.6 is 24.8 Å². The number of anilines is 1. The SMILES string of the molecule is Cl.Cl.OCC1CN(c2ccncn2)CC12CCNCC2. The van der Waals surface area contributed by atoms with Gasteiger partial charge in [-0.15, -0.1) is 24.8 Å². The minimum Gasteiger partial charge on any atom is -0.396 e. The van der Waals surface area contributed by atoms with Gasteiger partial charge in [-0.2, -0.15) is 0 Å². The number of aliphatic hydroxyl groups excluding tert-OH is 1. The van der Waals surface area contributed by atoms with E-state index in [9.17, 15) is 5.11 Å². The molecule has 0 amide bonds. The Hall–Kier alpha value is -0.620. The van der Waals surface area contributed by atoms with Crippen LogP contribution in [0.1, 0.15) is 12.8 Å². The van der Waals surface area contributed by atoms with Gasteiger partial charge in [-0.05, 0) is 37.4 Å². The first kappa shape index (κ1) is 17.4. The van der Waals surface area contributed by atoms with E-state index >= 15 is 0 Å². The zero-order valence-corrected chi connectivity index (χ0v) is 13.0. The lowest BCUT2D eigenvalue weighted by atomic mass is 9.71. The largest absolute Gasteiger partial charge is 0.396 e. The number of aliphatic hydroxyl groups is 1. The number of piperidine rings is 1. The van der Waals surface area contributed by atoms with Crippen LogP contribution in [0.15, 0.2) is 18.6 Å². The molecule has 1 aromatic heterocycles. The summed E-state index contributed by atoms with van der Waals surface area (Å²) in [5.74, 6) is 1.36. The highest BCUT2D eigenvalue weighted by Gasteiger charge is 2.46. The van der Waals surface area contributed by atoms with Gasteiger partial charge in [0.15, 0.2) is 0 Å². The lowest BCUT2D eigenvalue weighted by Gasteiger charge is -2.37. The number of hydrogen-bond donors (Lipinski definition) is 2. The summed E-state index contributed by atoms with van der Waals surface area (Å²) in [4.78, 5) is 10.6. The summed E-state index contributed by atoms with van der Waals surface area (Å²) in [7, 11) is 0. The third-order valence-corrected chi connectivity index (χ3v) is 4.52. The van der Waals surface area contributed by atoms with E-state index in [1.165, 1.54) is 0 Å². The van der Waals surface area contributed by atoms with Crippen molar-refractivity contribution in [3.05, 3.63) is 18.6 Å². The molecule has 20 heavy (non-hydrogen) atoms. The van der Waals surface area contributed by atoms with Crippen LogP contribution < -0.4 is 10.2 Å². The molecule has 2 fully saturated rings. The molecule has 1 spiro atoms. The summed E-state index contributed by atoms with van der Waals surface area (Å²) in [5.41, 5.74) is 0.269. The minimum absolute atomic E-state index is 0. The van der Waals surface area contributed by atoms with Crippen molar-refractivity contribution >= 4 is 30.6 Å². The van der Waals surface area contributed by atoms with Gasteiger partial charge in [0.05, 0.1) is 0 Å². The molecule has 1 aromatic rings. The van der Waals surface area contributed by atoms with Gasteiger partial charge in [0, 0.05) is 31.8 Å². The van der Waals surface area contributed by atoms with Crippen LogP contribution in [-0.4, -0.2) is 47.9 Å². The Morgan fingerprint density at radius 2 is 2.10 bits per heavy atom. The van der Waals surface area contributed by atoms with Crippen molar-refractivity contribution in [3.8, 4) is 0 Å². The van der Waals surface area contributed by atoms with Crippen LogP contribution in [0.25, 0.3) is 0 Å². The molecule has 1 unspecified atom stereocenters. The Kier molecular flexibility index (Phi) is 6.45. The summed E-state index contributed by atoms with van der Waals surface area (Å²) < 4.78 is 0. The lowest BCUT2D eigenvalue weighted by Crippen LogP contribution is -2.43. The lowest BCUT2D eigenvalue weighted by molar-refractivity contribution is 0.1000. The molecular weight excluding hydrogens is 299 g/mol. The Labute approximate surface area is 132 Å². The molecule has 5 nitrogen and oxygen atoms in total. The third kappa shape index (κ3) is 3.17. The second-order valence-electron chi connectivity index (χ2n) is 5.44. The average molecular weight is 321 g/mol. The van der Waals surface area contributed by atoms with Crippen molar-refractivity contribution in [2.24, 2.45) is 11.3 Å². The van der Waals surface area contributed by atoms with Gasteiger partial charge in [-0.3, -0.25) is 0 Å². The van der Waals surface area contributed by atoms with E-state index in [0.29, 0.717) is 5.92 Å². The number of nitrogens with zero attached hydrogens (tertiary/aromatic N) is 3. The molecule has 7 heteroatoms. The summed E-state index contributed by atoms with van der Waals surface area (Å²) in [5, 5.41) is 13.1. The summed E-state index contributed by atoms with van der Waals surface area (Å²) in [6.45, 7) is 4.33. The second kappa shape index (κ2) is 7.41. The third-order valence-electron chi connectivity index (χ3n) is 4.52. The Balaban J connectivity index is 0.000001000. The van der Waals surface area contributed by atoms with Crippen molar-refractivity contribution in [3.63, 3.8) is 0 Å². The van der Waals surface area contributed by atoms with Crippen LogP contribution in [0.3, 0.4) is 0 Å². The summed E-state index contributed by atoms with van der Waals surface area (Å²) >= 11 is 0. The van der Waals surface area contributed by atoms with Crippen LogP contribution in [0.4, 0.5) is 5.82 Å². The van der Waals surface area contributed by atoms with Crippen LogP contribution in [-0.2, 0) is 0 Å². The standard InChI is InChI=1S/C13H20N4O.2ClH/c18-8-11-7-17(12-1-4-15-10-16-12)9-13(11)2-5-14-6-3-13;;/h1,4,10-11,14,18H,2-3,5-9H2;2*1H. The van der Waals surface area contributed by atoms with E-state index < -0.39 is 0 Å². The molecule has 0 bridgehead atoms. The van der Waals surface area contributed by atoms with Crippen molar-refractivity contribution in [1.82, 2.24) is 15.3 Å². The maximum absolute atomic E-state index is 9.67. The van der Waals surface area contributed by atoms with Crippen molar-refractivity contribution < 1.29 is 5.11 Å². The quantitative estimate of drug-likeness (QED) is 0.855. The molecule has 114 valence electrons. The van der Waals surface area contributed by atoms with Crippen molar-refractivity contribution in [2.75, 3.05) is 37.7 Å². The fraction of sp³-hybridized carbons (Fsp3) is 0.692. The molecule has 2 saturated heterocycles. The zero-order chi connectivity index (χ0) is 12.4. The fourth-order valence-corrected chi connectivity index (χ4v) is 3.42. The van der Waals surface area contributed by atoms with Crippen LogP contribution in [0.2, 0.25) is 0 Å². The number of aromatic nitrogens is 2. The predicted octanol–water partition coefficient (Wildman–Crippen LogP) is 1.12. The van der Waals surface area contributed by atoms with Gasteiger partial charge >= 0.3 is 0 Å². The Morgan fingerprint density at radius 3 is 2.70 bits per heavy atom. The number of nitrogens with one attached hydrogen (secondary N) is 1. The van der Waals surface area contributed by atoms with Gasteiger partial charge in [-0.25, -0.2) is 9.97 Å². The highest BCUT2D eigenvalue weighted by atomic mass is 35.5. The summed E-state index contributed by atoms with van der Waals surface area (Å²) in [6.07, 6.45) is 5.68. The molecule has 0 aliphatic carbocycles. The van der Waals surface area contributed by atoms with Gasteiger partial charge in [0.25, 0.3) is 0 Å². The normalized spacial score (nSPS) is 24.1. The molecule has 0 radical (unpaired) electrons. The molecule has 2 aliphatic rings. The van der Waals surface area contributed by atoms with E-state index in [-0.39, 0.29) is 36.8 Å². The topological polar surface area (TPSA) is 61.3 Å². The maximum Gasteiger partial charge on any atom is 0.131 e. The van der Waals surface area contributed by atoms with Gasteiger partial charge in [0.2, 0.25) is 0 Å². The zero-order valence-electron chi connectivity index (χ0n) is 11.4. The number of rotatable bonds is 2. The van der Waals surface area contributed by atoms with Crippen molar-refractivity contribution in [1.29, 1.82) is 0 Å². The molecule has 2 aliphatic heterocycles. The van der Waals surface area contributed by atoms with Gasteiger partial charge in [0.1, 0.15) is 12.1 Å². The fourth-order valence-electron chi connectivity index (χ4n) is 3.42. The van der Waals surface area contributed by atoms with Gasteiger partial charge < -0.3 is 15.3 Å². The van der Waals surface area contributed by atoms with Crippen molar-refractivity contribution in [2.45, 2.75) is 12.8 Å². The smallest absolute Gasteiger partial charge is 0.131 e. The first-order valence-corrected chi connectivity index (χ1v) is 6.67. The molecule has 3 heterocycles. The average Bonchev–Trinajstić information content (AvgIpc) is 2.79. The van der Waals surface area contributed by atoms with Crippen LogP contribution in [0.5, 0.6) is 0 Å². The Bertz CT molecular complexity index is 401. The predicted molar refractivity (Wildman–Crippen MR) is 83.9 cm³/mol. The van der Waals surface area contributed by atoms with Gasteiger partial charge in [-0.1, -0.05) is 0 Å². The first-order valence-electron chi connectivity index (χ1n) is 6.67. The summed E-state index contributed by atoms with van der Waals surface area (Å²) in [6, 6.07) is 1.95. The minimum atomic E-state index is 0. The molecule has 1 atom stereocenters. The van der Waals surface area contributed by atoms with E-state index in [2.05, 4.69) is 20.2 Å². The van der Waals surface area contributed by atoms with E-state index in [0.717, 1.165) is 44.8 Å². The molecule has 3 rings (SSSR count). The maximum atomic E-state index is 9.67. The molecule has 0 saturated carbocycles. The van der Waals surface area contributed by atoms with E-state index in [1.54, 1.807) is 12.5 Å². The highest BCUT2D eigenvalue weighted by Crippen LogP contribution is 2.43.